The zero-order valence-corrected chi connectivity index (χ0v) is 24.4. The molecule has 2 atom stereocenters. The molecule has 0 saturated carbocycles. The topological polar surface area (TPSA) is 9.23 Å². The molecule has 0 aliphatic carbocycles. The van der Waals surface area contributed by atoms with E-state index in [-0.39, 0.29) is 6.10 Å². The van der Waals surface area contributed by atoms with E-state index in [1.54, 1.807) is 0 Å². The van der Waals surface area contributed by atoms with Crippen molar-refractivity contribution in [3.05, 3.63) is 71.8 Å². The molecule has 0 amide bonds. The van der Waals surface area contributed by atoms with Gasteiger partial charge in [-0.1, -0.05) is 153 Å². The van der Waals surface area contributed by atoms with Gasteiger partial charge in [0.1, 0.15) is 6.10 Å². The standard InChI is InChI=1S/C35H58O/c1-5-8-11-14-16-18-20-22-27-32(4)33-28-24-25-29-34(33)35(36-31-26-13-10-7-3)30-23-21-19-17-15-12-9-6-2/h10,13,22-25,27-30,32,35H,5-9,11-12,14-21,26,31H2,1-4H3/b13-10-,27-22?,30-23?. The summed E-state index contributed by atoms with van der Waals surface area (Å²) in [6, 6.07) is 8.91. The first-order valence-electron chi connectivity index (χ1n) is 15.4. The predicted molar refractivity (Wildman–Crippen MR) is 162 cm³/mol. The molecule has 0 fully saturated rings. The molecule has 0 aliphatic heterocycles. The van der Waals surface area contributed by atoms with Crippen molar-refractivity contribution in [3.63, 3.8) is 0 Å². The van der Waals surface area contributed by atoms with Crippen LogP contribution in [0.3, 0.4) is 0 Å². The van der Waals surface area contributed by atoms with Gasteiger partial charge >= 0.3 is 0 Å². The van der Waals surface area contributed by atoms with Crippen LogP contribution in [0.4, 0.5) is 0 Å². The Morgan fingerprint density at radius 2 is 1.17 bits per heavy atom. The summed E-state index contributed by atoms with van der Waals surface area (Å²) < 4.78 is 6.45. The van der Waals surface area contributed by atoms with Crippen LogP contribution in [0.25, 0.3) is 0 Å². The maximum absolute atomic E-state index is 6.45. The zero-order valence-electron chi connectivity index (χ0n) is 24.4. The lowest BCUT2D eigenvalue weighted by atomic mass is 9.91. The number of rotatable bonds is 23. The Kier molecular flexibility index (Phi) is 21.4. The third-order valence-electron chi connectivity index (χ3n) is 6.96. The number of hydrogen-bond acceptors (Lipinski definition) is 1. The fraction of sp³-hybridized carbons (Fsp3) is 0.657. The van der Waals surface area contributed by atoms with Crippen molar-refractivity contribution in [2.45, 2.75) is 142 Å². The molecule has 0 radical (unpaired) electrons. The highest BCUT2D eigenvalue weighted by Crippen LogP contribution is 2.30. The Balaban J connectivity index is 2.72. The molecule has 204 valence electrons. The van der Waals surface area contributed by atoms with Gasteiger partial charge in [0, 0.05) is 0 Å². The van der Waals surface area contributed by atoms with Gasteiger partial charge in [0.15, 0.2) is 0 Å². The molecule has 1 aromatic carbocycles. The number of unbranched alkanes of at least 4 members (excludes halogenated alkanes) is 12. The normalized spacial score (nSPS) is 13.9. The molecule has 1 heteroatoms. The minimum absolute atomic E-state index is 0.0331. The van der Waals surface area contributed by atoms with Crippen LogP contribution in [0.15, 0.2) is 60.7 Å². The summed E-state index contributed by atoms with van der Waals surface area (Å²) >= 11 is 0. The Hall–Kier alpha value is -1.60. The van der Waals surface area contributed by atoms with Crippen LogP contribution in [0, 0.1) is 0 Å². The Labute approximate surface area is 225 Å². The first-order chi connectivity index (χ1) is 17.7. The molecule has 0 N–H and O–H groups in total. The van der Waals surface area contributed by atoms with E-state index < -0.39 is 0 Å². The summed E-state index contributed by atoms with van der Waals surface area (Å²) in [5, 5.41) is 0. The third kappa shape index (κ3) is 16.2. The monoisotopic (exact) mass is 494 g/mol. The van der Waals surface area contributed by atoms with Crippen LogP contribution in [-0.4, -0.2) is 6.61 Å². The van der Waals surface area contributed by atoms with Gasteiger partial charge in [0.2, 0.25) is 0 Å². The second-order valence-corrected chi connectivity index (χ2v) is 10.3. The van der Waals surface area contributed by atoms with E-state index >= 15 is 0 Å². The smallest absolute Gasteiger partial charge is 0.101 e. The minimum Gasteiger partial charge on any atom is -0.369 e. The minimum atomic E-state index is 0.0331. The molecule has 0 bridgehead atoms. The second kappa shape index (κ2) is 23.8. The molecule has 2 unspecified atom stereocenters. The van der Waals surface area contributed by atoms with E-state index in [2.05, 4.69) is 88.4 Å². The summed E-state index contributed by atoms with van der Waals surface area (Å²) in [6.07, 6.45) is 34.7. The van der Waals surface area contributed by atoms with E-state index in [0.29, 0.717) is 5.92 Å². The van der Waals surface area contributed by atoms with Crippen molar-refractivity contribution in [1.82, 2.24) is 0 Å². The van der Waals surface area contributed by atoms with Gasteiger partial charge < -0.3 is 4.74 Å². The Bertz CT molecular complexity index is 698. The highest BCUT2D eigenvalue weighted by Gasteiger charge is 2.15. The van der Waals surface area contributed by atoms with E-state index in [4.69, 9.17) is 4.74 Å². The largest absolute Gasteiger partial charge is 0.369 e. The summed E-state index contributed by atoms with van der Waals surface area (Å²) in [6.45, 7) is 9.84. The van der Waals surface area contributed by atoms with Crippen molar-refractivity contribution < 1.29 is 4.74 Å². The van der Waals surface area contributed by atoms with Gasteiger partial charge in [0.05, 0.1) is 6.61 Å². The summed E-state index contributed by atoms with van der Waals surface area (Å²) in [4.78, 5) is 0. The van der Waals surface area contributed by atoms with Crippen LogP contribution < -0.4 is 0 Å². The first kappa shape index (κ1) is 32.4. The third-order valence-corrected chi connectivity index (χ3v) is 6.96. The molecule has 0 heterocycles. The van der Waals surface area contributed by atoms with Gasteiger partial charge in [-0.3, -0.25) is 0 Å². The van der Waals surface area contributed by atoms with Gasteiger partial charge in [-0.15, -0.1) is 0 Å². The predicted octanol–water partition coefficient (Wildman–Crippen LogP) is 11.8. The average molecular weight is 495 g/mol. The molecule has 1 rings (SSSR count). The van der Waals surface area contributed by atoms with E-state index in [1.165, 1.54) is 94.6 Å². The summed E-state index contributed by atoms with van der Waals surface area (Å²) in [7, 11) is 0. The fourth-order valence-electron chi connectivity index (χ4n) is 4.69. The van der Waals surface area contributed by atoms with Gasteiger partial charge in [0.25, 0.3) is 0 Å². The highest BCUT2D eigenvalue weighted by molar-refractivity contribution is 5.36. The zero-order chi connectivity index (χ0) is 26.1. The molecule has 0 saturated heterocycles. The van der Waals surface area contributed by atoms with E-state index in [1.807, 2.05) is 0 Å². The molecule has 1 aromatic rings. The van der Waals surface area contributed by atoms with Crippen LogP contribution >= 0.6 is 0 Å². The summed E-state index contributed by atoms with van der Waals surface area (Å²) in [5.41, 5.74) is 2.72. The lowest BCUT2D eigenvalue weighted by molar-refractivity contribution is 0.0882. The lowest BCUT2D eigenvalue weighted by Crippen LogP contribution is -2.07. The van der Waals surface area contributed by atoms with Crippen molar-refractivity contribution in [2.24, 2.45) is 0 Å². The van der Waals surface area contributed by atoms with Gasteiger partial charge in [-0.05, 0) is 55.6 Å². The average Bonchev–Trinajstić information content (AvgIpc) is 2.90. The molecule has 36 heavy (non-hydrogen) atoms. The van der Waals surface area contributed by atoms with Crippen LogP contribution in [0.5, 0.6) is 0 Å². The van der Waals surface area contributed by atoms with Crippen LogP contribution in [0.1, 0.15) is 154 Å². The van der Waals surface area contributed by atoms with E-state index in [9.17, 15) is 0 Å². The maximum atomic E-state index is 6.45. The molecule has 0 aliphatic rings. The SMILES string of the molecule is CC/C=C\CCOC(C=CCCCCCCCC)c1ccccc1C(C)C=CCCCCCCCC. The van der Waals surface area contributed by atoms with Crippen molar-refractivity contribution in [3.8, 4) is 0 Å². The second-order valence-electron chi connectivity index (χ2n) is 10.3. The quantitative estimate of drug-likeness (QED) is 0.108. The maximum Gasteiger partial charge on any atom is 0.101 e. The Morgan fingerprint density at radius 3 is 1.78 bits per heavy atom. The van der Waals surface area contributed by atoms with E-state index in [0.717, 1.165) is 25.9 Å². The van der Waals surface area contributed by atoms with Crippen molar-refractivity contribution in [1.29, 1.82) is 0 Å². The van der Waals surface area contributed by atoms with Crippen molar-refractivity contribution >= 4 is 0 Å². The number of hydrogen-bond donors (Lipinski definition) is 0. The molecular formula is C35H58O. The molecule has 0 aromatic heterocycles. The first-order valence-corrected chi connectivity index (χ1v) is 15.4. The van der Waals surface area contributed by atoms with Crippen LogP contribution in [0.2, 0.25) is 0 Å². The molecular weight excluding hydrogens is 436 g/mol. The number of ether oxygens (including phenoxy) is 1. The van der Waals surface area contributed by atoms with Crippen molar-refractivity contribution in [2.75, 3.05) is 6.61 Å². The van der Waals surface area contributed by atoms with Crippen LogP contribution in [-0.2, 0) is 4.74 Å². The fourth-order valence-corrected chi connectivity index (χ4v) is 4.69. The lowest BCUT2D eigenvalue weighted by Gasteiger charge is -2.20. The number of allylic oxidation sites excluding steroid dienone is 4. The number of benzene rings is 1. The van der Waals surface area contributed by atoms with Gasteiger partial charge in [-0.25, -0.2) is 0 Å². The summed E-state index contributed by atoms with van der Waals surface area (Å²) in [5.74, 6) is 0.402. The molecule has 1 nitrogen and oxygen atoms in total. The highest BCUT2D eigenvalue weighted by atomic mass is 16.5. The van der Waals surface area contributed by atoms with Gasteiger partial charge in [-0.2, -0.15) is 0 Å². The molecule has 0 spiro atoms. The Morgan fingerprint density at radius 1 is 0.611 bits per heavy atom.